The molecule has 0 aliphatic carbocycles. The van der Waals surface area contributed by atoms with Crippen molar-refractivity contribution in [3.8, 4) is 5.75 Å². The first-order valence-electron chi connectivity index (χ1n) is 11.2. The molecule has 1 unspecified atom stereocenters. The SMILES string of the molecule is COC(=O)c1cc2ccc(OC)cc2n1C(CN1CCC(N)CC1)N1CCC(N)CC1. The van der Waals surface area contributed by atoms with Crippen LogP contribution in [0.3, 0.4) is 0 Å². The number of carbonyl (C=O) groups excluding carboxylic acids is 1. The van der Waals surface area contributed by atoms with Gasteiger partial charge in [0, 0.05) is 43.2 Å². The summed E-state index contributed by atoms with van der Waals surface area (Å²) in [6.07, 6.45) is 3.92. The van der Waals surface area contributed by atoms with E-state index in [1.54, 1.807) is 7.11 Å². The maximum atomic E-state index is 12.8. The summed E-state index contributed by atoms with van der Waals surface area (Å²) >= 11 is 0. The van der Waals surface area contributed by atoms with Crippen LogP contribution in [-0.2, 0) is 4.74 Å². The third-order valence-corrected chi connectivity index (χ3v) is 6.79. The van der Waals surface area contributed by atoms with Crippen molar-refractivity contribution in [1.82, 2.24) is 14.4 Å². The monoisotopic (exact) mass is 429 g/mol. The van der Waals surface area contributed by atoms with Crippen LogP contribution in [0.4, 0.5) is 0 Å². The van der Waals surface area contributed by atoms with Crippen LogP contribution in [0.15, 0.2) is 24.3 Å². The number of piperidine rings is 2. The molecular formula is C23H35N5O3. The van der Waals surface area contributed by atoms with Gasteiger partial charge in [-0.3, -0.25) is 9.80 Å². The second-order valence-corrected chi connectivity index (χ2v) is 8.81. The van der Waals surface area contributed by atoms with Gasteiger partial charge >= 0.3 is 5.97 Å². The largest absolute Gasteiger partial charge is 0.497 e. The molecule has 2 aliphatic rings. The van der Waals surface area contributed by atoms with Crippen LogP contribution < -0.4 is 16.2 Å². The number of nitrogens with two attached hydrogens (primary N) is 2. The Morgan fingerprint density at radius 2 is 1.68 bits per heavy atom. The summed E-state index contributed by atoms with van der Waals surface area (Å²) in [6, 6.07) is 8.39. The van der Waals surface area contributed by atoms with Crippen LogP contribution in [0.2, 0.25) is 0 Å². The lowest BCUT2D eigenvalue weighted by Crippen LogP contribution is -2.49. The van der Waals surface area contributed by atoms with Gasteiger partial charge in [0.25, 0.3) is 0 Å². The standard InChI is InChI=1S/C23H35N5O3/c1-30-19-4-3-16-13-21(23(29)31-2)28(20(16)14-19)22(27-11-7-18(25)8-12-27)15-26-9-5-17(24)6-10-26/h3-4,13-14,17-18,22H,5-12,15,24-25H2,1-2H3. The maximum absolute atomic E-state index is 12.8. The Kier molecular flexibility index (Phi) is 6.81. The molecule has 8 heteroatoms. The Balaban J connectivity index is 1.77. The van der Waals surface area contributed by atoms with Crippen LogP contribution in [-0.4, -0.2) is 79.4 Å². The topological polar surface area (TPSA) is 99.0 Å². The zero-order valence-corrected chi connectivity index (χ0v) is 18.6. The van der Waals surface area contributed by atoms with E-state index >= 15 is 0 Å². The number of hydrogen-bond donors (Lipinski definition) is 2. The second kappa shape index (κ2) is 9.56. The molecule has 0 saturated carbocycles. The lowest BCUT2D eigenvalue weighted by molar-refractivity contribution is 0.0489. The number of nitrogens with zero attached hydrogens (tertiary/aromatic N) is 3. The van der Waals surface area contributed by atoms with Crippen molar-refractivity contribution >= 4 is 16.9 Å². The average Bonchev–Trinajstić information content (AvgIpc) is 3.17. The molecule has 31 heavy (non-hydrogen) atoms. The van der Waals surface area contributed by atoms with Crippen LogP contribution in [0, 0.1) is 0 Å². The van der Waals surface area contributed by atoms with Crippen LogP contribution in [0.1, 0.15) is 42.3 Å². The van der Waals surface area contributed by atoms with E-state index in [0.29, 0.717) is 5.69 Å². The smallest absolute Gasteiger partial charge is 0.354 e. The van der Waals surface area contributed by atoms with Crippen molar-refractivity contribution in [2.24, 2.45) is 11.5 Å². The van der Waals surface area contributed by atoms with Gasteiger partial charge in [-0.25, -0.2) is 4.79 Å². The molecule has 2 fully saturated rings. The van der Waals surface area contributed by atoms with Gasteiger partial charge in [-0.1, -0.05) is 0 Å². The van der Waals surface area contributed by atoms with E-state index in [2.05, 4.69) is 14.4 Å². The molecule has 1 aromatic heterocycles. The Morgan fingerprint density at radius 3 is 2.29 bits per heavy atom. The highest BCUT2D eigenvalue weighted by atomic mass is 16.5. The summed E-state index contributed by atoms with van der Waals surface area (Å²) in [4.78, 5) is 17.7. The van der Waals surface area contributed by atoms with Crippen molar-refractivity contribution in [2.45, 2.75) is 43.9 Å². The van der Waals surface area contributed by atoms with Gasteiger partial charge in [-0.2, -0.15) is 0 Å². The number of carbonyl (C=O) groups is 1. The minimum Gasteiger partial charge on any atom is -0.497 e. The van der Waals surface area contributed by atoms with Gasteiger partial charge in [-0.15, -0.1) is 0 Å². The number of fused-ring (bicyclic) bond motifs is 1. The summed E-state index contributed by atoms with van der Waals surface area (Å²) < 4.78 is 12.8. The Hall–Kier alpha value is -2.13. The van der Waals surface area contributed by atoms with E-state index in [-0.39, 0.29) is 24.2 Å². The lowest BCUT2D eigenvalue weighted by atomic mass is 10.0. The van der Waals surface area contributed by atoms with Crippen molar-refractivity contribution in [2.75, 3.05) is 46.9 Å². The fourth-order valence-corrected chi connectivity index (χ4v) is 4.86. The molecule has 1 atom stereocenters. The van der Waals surface area contributed by atoms with Gasteiger partial charge in [0.2, 0.25) is 0 Å². The third-order valence-electron chi connectivity index (χ3n) is 6.79. The molecule has 3 heterocycles. The molecule has 0 bridgehead atoms. The molecule has 0 spiro atoms. The van der Waals surface area contributed by atoms with Gasteiger partial charge < -0.3 is 25.5 Å². The molecule has 4 N–H and O–H groups in total. The number of methoxy groups -OCH3 is 2. The maximum Gasteiger partial charge on any atom is 0.354 e. The average molecular weight is 430 g/mol. The number of esters is 1. The van der Waals surface area contributed by atoms with Gasteiger partial charge in [0.15, 0.2) is 0 Å². The Morgan fingerprint density at radius 1 is 1.03 bits per heavy atom. The normalized spacial score (nSPS) is 20.8. The Bertz CT molecular complexity index is 898. The van der Waals surface area contributed by atoms with E-state index in [1.165, 1.54) is 7.11 Å². The van der Waals surface area contributed by atoms with Crippen molar-refractivity contribution in [3.63, 3.8) is 0 Å². The number of ether oxygens (including phenoxy) is 2. The number of rotatable bonds is 6. The molecule has 170 valence electrons. The zero-order chi connectivity index (χ0) is 22.0. The highest BCUT2D eigenvalue weighted by Crippen LogP contribution is 2.32. The number of benzene rings is 1. The van der Waals surface area contributed by atoms with Crippen molar-refractivity contribution in [1.29, 1.82) is 0 Å². The number of hydrogen-bond acceptors (Lipinski definition) is 7. The fourth-order valence-electron chi connectivity index (χ4n) is 4.86. The number of likely N-dealkylation sites (tertiary alicyclic amines) is 2. The summed E-state index contributed by atoms with van der Waals surface area (Å²) in [6.45, 7) is 4.59. The fraction of sp³-hybridized carbons (Fsp3) is 0.609. The zero-order valence-electron chi connectivity index (χ0n) is 18.6. The summed E-state index contributed by atoms with van der Waals surface area (Å²) in [5.41, 5.74) is 13.9. The van der Waals surface area contributed by atoms with Crippen molar-refractivity contribution in [3.05, 3.63) is 30.0 Å². The lowest BCUT2D eigenvalue weighted by Gasteiger charge is -2.41. The molecule has 2 aromatic rings. The molecule has 2 saturated heterocycles. The highest BCUT2D eigenvalue weighted by Gasteiger charge is 2.32. The molecule has 0 amide bonds. The molecular weight excluding hydrogens is 394 g/mol. The van der Waals surface area contributed by atoms with Crippen LogP contribution in [0.25, 0.3) is 10.9 Å². The molecule has 2 aliphatic heterocycles. The van der Waals surface area contributed by atoms with Crippen molar-refractivity contribution < 1.29 is 14.3 Å². The van der Waals surface area contributed by atoms with Crippen LogP contribution >= 0.6 is 0 Å². The quantitative estimate of drug-likeness (QED) is 0.675. The first-order chi connectivity index (χ1) is 15.0. The van der Waals surface area contributed by atoms with E-state index in [4.69, 9.17) is 20.9 Å². The highest BCUT2D eigenvalue weighted by molar-refractivity contribution is 5.96. The Labute approximate surface area is 184 Å². The summed E-state index contributed by atoms with van der Waals surface area (Å²) in [7, 11) is 3.10. The first kappa shape index (κ1) is 22.1. The molecule has 0 radical (unpaired) electrons. The predicted octanol–water partition coefficient (Wildman–Crippen LogP) is 1.78. The second-order valence-electron chi connectivity index (χ2n) is 8.81. The first-order valence-corrected chi connectivity index (χ1v) is 11.2. The summed E-state index contributed by atoms with van der Waals surface area (Å²) in [5.74, 6) is 0.446. The number of aromatic nitrogens is 1. The van der Waals surface area contributed by atoms with E-state index < -0.39 is 0 Å². The van der Waals surface area contributed by atoms with E-state index in [1.807, 2.05) is 24.3 Å². The van der Waals surface area contributed by atoms with E-state index in [9.17, 15) is 4.79 Å². The minimum absolute atomic E-state index is 0.000491. The predicted molar refractivity (Wildman–Crippen MR) is 121 cm³/mol. The minimum atomic E-state index is -0.324. The van der Waals surface area contributed by atoms with Gasteiger partial charge in [0.05, 0.1) is 19.7 Å². The molecule has 8 nitrogen and oxygen atoms in total. The van der Waals surface area contributed by atoms with Crippen LogP contribution in [0.5, 0.6) is 5.75 Å². The van der Waals surface area contributed by atoms with E-state index in [0.717, 1.165) is 75.1 Å². The van der Waals surface area contributed by atoms with Gasteiger partial charge in [0.1, 0.15) is 17.6 Å². The molecule has 1 aromatic carbocycles. The van der Waals surface area contributed by atoms with Gasteiger partial charge in [-0.05, 0) is 57.0 Å². The third kappa shape index (κ3) is 4.72. The molecule has 4 rings (SSSR count). The summed E-state index contributed by atoms with van der Waals surface area (Å²) in [5, 5.41) is 1.00.